The van der Waals surface area contributed by atoms with Crippen molar-refractivity contribution in [1.29, 1.82) is 0 Å². The summed E-state index contributed by atoms with van der Waals surface area (Å²) in [5.74, 6) is 4.41. The first-order chi connectivity index (χ1) is 61.3. The fourth-order valence-electron chi connectivity index (χ4n) is 12.7. The fourth-order valence-corrected chi connectivity index (χ4v) is 67.1. The minimum atomic E-state index is -3.46. The summed E-state index contributed by atoms with van der Waals surface area (Å²) in [7, 11) is -35.7. The van der Waals surface area contributed by atoms with Gasteiger partial charge in [-0.15, -0.1) is 39.5 Å². The van der Waals surface area contributed by atoms with Crippen LogP contribution in [0.1, 0.15) is 65.9 Å². The highest BCUT2D eigenvalue weighted by atomic mass is 28.5. The molecule has 0 saturated carbocycles. The number of ether oxygens (including phenoxy) is 2. The molecule has 0 radical (unpaired) electrons. The van der Waals surface area contributed by atoms with Gasteiger partial charge in [-0.2, -0.15) is 0 Å². The Hall–Kier alpha value is -4.37. The van der Waals surface area contributed by atoms with E-state index >= 15 is 0 Å². The molecule has 0 aliphatic carbocycles. The van der Waals surface area contributed by atoms with Crippen LogP contribution in [0.2, 0.25) is 216 Å². The van der Waals surface area contributed by atoms with E-state index in [9.17, 15) is 4.79 Å². The molecule has 0 aromatic heterocycles. The van der Waals surface area contributed by atoms with Gasteiger partial charge < -0.3 is 75.9 Å². The largest absolute Gasteiger partial charge is 0.637 e. The number of carbonyl (C=O) groups excluding carboxylic acids is 1. The summed E-state index contributed by atoms with van der Waals surface area (Å²) in [5.41, 5.74) is 16.8. The Balaban J connectivity index is 0.000000498. The molecule has 7 rings (SSSR count). The Morgan fingerprint density at radius 3 is 0.662 bits per heavy atom. The van der Waals surface area contributed by atoms with Crippen LogP contribution in [0.25, 0.3) is 0 Å². The second-order valence-corrected chi connectivity index (χ2v) is 101. The van der Waals surface area contributed by atoms with Crippen LogP contribution in [0, 0.1) is 0 Å². The molecule has 133 heavy (non-hydrogen) atoms. The van der Waals surface area contributed by atoms with Gasteiger partial charge in [0.25, 0.3) is 16.6 Å². The van der Waals surface area contributed by atoms with Gasteiger partial charge in [0.2, 0.25) is 33.3 Å². The normalized spacial score (nSPS) is 12.8. The van der Waals surface area contributed by atoms with Gasteiger partial charge in [0.1, 0.15) is 34.5 Å². The Morgan fingerprint density at radius 1 is 0.256 bits per heavy atom. The van der Waals surface area contributed by atoms with Gasteiger partial charge in [-0.3, -0.25) is 4.79 Å². The van der Waals surface area contributed by atoms with Crippen LogP contribution in [-0.4, -0.2) is 182 Å². The van der Waals surface area contributed by atoms with E-state index in [2.05, 4.69) is 344 Å². The molecule has 0 bridgehead atoms. The van der Waals surface area contributed by atoms with E-state index in [1.807, 2.05) is 125 Å². The van der Waals surface area contributed by atoms with E-state index in [1.165, 1.54) is 22.3 Å². The molecule has 0 amide bonds. The summed E-state index contributed by atoms with van der Waals surface area (Å²) in [5, 5.41) is 1.12. The topological polar surface area (TPSA) is 183 Å². The predicted molar refractivity (Wildman–Crippen MR) is 613 cm³/mol. The first kappa shape index (κ1) is 123. The lowest BCUT2D eigenvalue weighted by molar-refractivity contribution is 0.103. The SMILES string of the molecule is C=C[Si](C)(C)O[Si](O[Si](C)(C)C=C)(O[Si](C)(C)C=C)O[Si](C)(C)C=C.C=C[Si](C)(C)Oc1ccc(C(C)(C)c2ccc(Oc3ccc(C(=O)c4ccc(Oc5ccc(C(C)(C)c6ccc(O[Si](C)(C)C=C)cc6)cc5)cc4)cc3)cc2)cc1.C[SiH](C)O[Si](C)(O[SiH](C)C)O[SiH](C)C.C[SiH](C)O[Si](O[SiH](C)C)(O[SiH](C)C)O[SiH](C)C.C[SiH](C)O[Si](O[SiH](C)C)(O[SiH](C)C)c1ccccc1. The van der Waals surface area contributed by atoms with Crippen molar-refractivity contribution in [2.24, 2.45) is 0 Å². The predicted octanol–water partition coefficient (Wildman–Crippen LogP) is 23.8. The zero-order valence-corrected chi connectivity index (χ0v) is 110. The van der Waals surface area contributed by atoms with Gasteiger partial charge >= 0.3 is 35.7 Å². The monoisotopic (exact) mass is 2160 g/mol. The maximum absolute atomic E-state index is 13.4. The van der Waals surface area contributed by atoms with Gasteiger partial charge in [0.15, 0.2) is 96.2 Å². The van der Waals surface area contributed by atoms with Crippen LogP contribution in [0.15, 0.2) is 250 Å². The minimum Gasteiger partial charge on any atom is -0.540 e. The molecule has 7 aromatic rings. The molecule has 0 atom stereocenters. The molecule has 0 aliphatic rings. The lowest BCUT2D eigenvalue weighted by Gasteiger charge is -2.44. The summed E-state index contributed by atoms with van der Waals surface area (Å²) in [6.45, 7) is 103. The molecule has 0 aliphatic heterocycles. The standard InChI is InChI=1S/C51H54O5Si2.C16H36O4Si5.C12H26O3Si4.C8H28O4Si5.C7H24O3Si4/c1-11-57(7,8)55-47-33-21-41(22-34-47)50(3,4)39-17-29-45(30-18-39)53-43-25-13-37(14-26-43)49(52)38-15-27-44(28-16-38)54-46-31-19-40(20-32-46)51(5,6)42-23-35-48(36-24-42)56-58(9,10)12-2;1-13-21(5,6)17-25(18-22(7,8)14-2,19-23(9,10)15-3)20-24(11,12)16-4;1-16(2)13-19(14-17(3)4,15-18(5)6)12-10-8-7-9-11-12;1-13(2)9-17(10-14(3)4,11-15(5)6)12-16(7)8;1-11(2)8-14(7,9-12(3)4)10-13(5)6/h11-36H,1-2H2,3-10H3;13-16H,1-4H2,5-12H3;7-11,16-18H,1-6H3;13-16H,1-8H3;11-13H,1-7H3. The molecular weight excluding hydrogens is 1990 g/mol. The van der Waals surface area contributed by atoms with Crippen molar-refractivity contribution in [2.75, 3.05) is 0 Å². The highest BCUT2D eigenvalue weighted by Crippen LogP contribution is 2.39. The third-order valence-corrected chi connectivity index (χ3v) is 72.7. The molecule has 738 valence electrons. The van der Waals surface area contributed by atoms with Gasteiger partial charge in [0, 0.05) is 33.7 Å². The van der Waals surface area contributed by atoms with Crippen molar-refractivity contribution in [3.05, 3.63) is 283 Å². The average Bonchev–Trinajstić information content (AvgIpc) is 0.505. The van der Waals surface area contributed by atoms with Crippen molar-refractivity contribution >= 4 is 187 Å². The van der Waals surface area contributed by atoms with Crippen LogP contribution >= 0.6 is 0 Å². The summed E-state index contributed by atoms with van der Waals surface area (Å²) in [6, 6.07) is 57.7. The van der Waals surface area contributed by atoms with Crippen LogP contribution in [0.4, 0.5) is 0 Å². The van der Waals surface area contributed by atoms with E-state index in [0.717, 1.165) is 28.2 Å². The number of hydrogen-bond acceptors (Lipinski definition) is 19. The average molecular weight is 2160 g/mol. The molecule has 0 spiro atoms. The fraction of sp³-hybridized carbons (Fsp3) is 0.415. The molecule has 0 heterocycles. The maximum Gasteiger partial charge on any atom is 0.637 e. The lowest BCUT2D eigenvalue weighted by Crippen LogP contribution is -2.66. The van der Waals surface area contributed by atoms with E-state index < -0.39 is 176 Å². The summed E-state index contributed by atoms with van der Waals surface area (Å²) in [6.07, 6.45) is 0. The van der Waals surface area contributed by atoms with Gasteiger partial charge in [-0.1, -0.05) is 141 Å². The zero-order chi connectivity index (χ0) is 101. The van der Waals surface area contributed by atoms with Gasteiger partial charge in [-0.25, -0.2) is 0 Å². The molecular formula is C94H168O19Si20. The molecule has 19 nitrogen and oxygen atoms in total. The Labute approximate surface area is 832 Å². The van der Waals surface area contributed by atoms with E-state index in [-0.39, 0.29) is 16.6 Å². The smallest absolute Gasteiger partial charge is 0.540 e. The minimum absolute atomic E-state index is 0.0755. The van der Waals surface area contributed by atoms with Gasteiger partial charge in [0.05, 0.1) is 0 Å². The second kappa shape index (κ2) is 55.2. The second-order valence-electron chi connectivity index (χ2n) is 39.8. The van der Waals surface area contributed by atoms with E-state index in [1.54, 1.807) is 24.3 Å². The van der Waals surface area contributed by atoms with E-state index in [4.69, 9.17) is 75.9 Å². The summed E-state index contributed by atoms with van der Waals surface area (Å²) in [4.78, 5) is 13.4. The third-order valence-electron chi connectivity index (χ3n) is 19.4. The first-order valence-corrected chi connectivity index (χ1v) is 99.6. The molecule has 0 saturated heterocycles. The number of hydrogen-bond donors (Lipinski definition) is 0. The highest BCUT2D eigenvalue weighted by molar-refractivity contribution is 6.95. The van der Waals surface area contributed by atoms with Crippen molar-refractivity contribution < 1.29 is 80.7 Å². The lowest BCUT2D eigenvalue weighted by atomic mass is 9.78. The number of benzene rings is 7. The molecule has 7 aromatic carbocycles. The van der Waals surface area contributed by atoms with Crippen LogP contribution in [-0.2, 0) is 68.4 Å². The van der Waals surface area contributed by atoms with Crippen molar-refractivity contribution in [2.45, 2.75) is 255 Å². The van der Waals surface area contributed by atoms with Crippen molar-refractivity contribution in [3.8, 4) is 34.5 Å². The van der Waals surface area contributed by atoms with Crippen LogP contribution < -0.4 is 23.5 Å². The molecule has 0 fully saturated rings. The molecule has 39 heteroatoms. The number of carbonyl (C=O) groups is 1. The zero-order valence-electron chi connectivity index (χ0n) is 88.0. The van der Waals surface area contributed by atoms with Crippen molar-refractivity contribution in [3.63, 3.8) is 0 Å². The number of ketones is 1. The third kappa shape index (κ3) is 45.0. The number of rotatable bonds is 49. The highest BCUT2D eigenvalue weighted by Gasteiger charge is 2.57. The molecule has 0 N–H and O–H groups in total. The van der Waals surface area contributed by atoms with Gasteiger partial charge in [-0.05, 0) is 329 Å². The first-order valence-electron chi connectivity index (χ1n) is 46.7. The van der Waals surface area contributed by atoms with Crippen LogP contribution in [0.3, 0.4) is 0 Å². The Bertz CT molecular complexity index is 4300. The quantitative estimate of drug-likeness (QED) is 0.0259. The molecule has 0 unspecified atom stereocenters. The summed E-state index contributed by atoms with van der Waals surface area (Å²) >= 11 is 0. The maximum atomic E-state index is 13.4. The van der Waals surface area contributed by atoms with Crippen LogP contribution in [0.5, 0.6) is 34.5 Å². The Morgan fingerprint density at radius 2 is 0.459 bits per heavy atom. The Kier molecular flexibility index (Phi) is 50.9. The summed E-state index contributed by atoms with van der Waals surface area (Å²) < 4.78 is 112. The van der Waals surface area contributed by atoms with E-state index in [0.29, 0.717) is 22.6 Å². The van der Waals surface area contributed by atoms with Crippen molar-refractivity contribution in [1.82, 2.24) is 0 Å².